The first kappa shape index (κ1) is 13.3. The van der Waals surface area contributed by atoms with Crippen LogP contribution in [0.1, 0.15) is 17.0 Å². The maximum absolute atomic E-state index is 11.1. The molecule has 1 aromatic rings. The summed E-state index contributed by atoms with van der Waals surface area (Å²) < 4.78 is 5.62. The van der Waals surface area contributed by atoms with Crippen molar-refractivity contribution >= 4 is 6.29 Å². The summed E-state index contributed by atoms with van der Waals surface area (Å²) in [4.78, 5) is 21.5. The van der Waals surface area contributed by atoms with Crippen molar-refractivity contribution < 1.29 is 14.5 Å². The van der Waals surface area contributed by atoms with Crippen LogP contribution >= 0.6 is 0 Å². The summed E-state index contributed by atoms with van der Waals surface area (Å²) in [6, 6.07) is 5.54. The van der Waals surface area contributed by atoms with E-state index in [0.717, 1.165) is 17.4 Å². The summed E-state index contributed by atoms with van der Waals surface area (Å²) in [5, 5.41) is 10.8. The van der Waals surface area contributed by atoms with Crippen LogP contribution in [0, 0.1) is 16.0 Å². The second kappa shape index (κ2) is 5.65. The van der Waals surface area contributed by atoms with Crippen LogP contribution in [-0.4, -0.2) is 24.4 Å². The first-order chi connectivity index (χ1) is 9.17. The van der Waals surface area contributed by atoms with E-state index in [1.807, 2.05) is 12.1 Å². The highest BCUT2D eigenvalue weighted by Crippen LogP contribution is 2.39. The van der Waals surface area contributed by atoms with Crippen molar-refractivity contribution in [1.29, 1.82) is 0 Å². The Morgan fingerprint density at radius 3 is 2.95 bits per heavy atom. The molecule has 5 heteroatoms. The van der Waals surface area contributed by atoms with E-state index >= 15 is 0 Å². The third-order valence-corrected chi connectivity index (χ3v) is 3.35. The lowest BCUT2D eigenvalue weighted by molar-refractivity contribution is -0.484. The molecule has 100 valence electrons. The van der Waals surface area contributed by atoms with Crippen molar-refractivity contribution in [3.63, 3.8) is 0 Å². The van der Waals surface area contributed by atoms with E-state index in [0.29, 0.717) is 12.2 Å². The van der Waals surface area contributed by atoms with Gasteiger partial charge in [-0.05, 0) is 12.0 Å². The fraction of sp³-hybridized carbons (Fsp3) is 0.357. The Kier molecular flexibility index (Phi) is 3.94. The Balaban J connectivity index is 2.43. The van der Waals surface area contributed by atoms with Crippen molar-refractivity contribution in [3.8, 4) is 5.75 Å². The standard InChI is InChI=1S/C14H15NO4/c1-2-4-10-5-3-6-12-13(7-15(17)18)11(8-16)9-19-14(10)12/h2-3,5-6,8,11,13H,1,4,7,9H2/t11-,13+/m0/s1. The van der Waals surface area contributed by atoms with Crippen LogP contribution in [0.25, 0.3) is 0 Å². The number of benzene rings is 1. The van der Waals surface area contributed by atoms with Gasteiger partial charge in [0.15, 0.2) is 0 Å². The largest absolute Gasteiger partial charge is 0.492 e. The van der Waals surface area contributed by atoms with Crippen LogP contribution in [0.3, 0.4) is 0 Å². The highest BCUT2D eigenvalue weighted by Gasteiger charge is 2.35. The van der Waals surface area contributed by atoms with Crippen LogP contribution in [0.5, 0.6) is 5.75 Å². The average molecular weight is 261 g/mol. The second-order valence-electron chi connectivity index (χ2n) is 4.56. The predicted molar refractivity (Wildman–Crippen MR) is 70.0 cm³/mol. The number of para-hydroxylation sites is 1. The molecule has 0 amide bonds. The van der Waals surface area contributed by atoms with Gasteiger partial charge in [0.05, 0.1) is 18.4 Å². The van der Waals surface area contributed by atoms with Crippen LogP contribution in [-0.2, 0) is 11.2 Å². The lowest BCUT2D eigenvalue weighted by atomic mass is 9.83. The molecule has 1 heterocycles. The molecule has 19 heavy (non-hydrogen) atoms. The molecule has 0 unspecified atom stereocenters. The average Bonchev–Trinajstić information content (AvgIpc) is 2.39. The van der Waals surface area contributed by atoms with E-state index in [4.69, 9.17) is 4.74 Å². The van der Waals surface area contributed by atoms with Gasteiger partial charge < -0.3 is 9.53 Å². The molecule has 0 saturated heterocycles. The fourth-order valence-electron chi connectivity index (χ4n) is 2.44. The minimum atomic E-state index is -0.461. The number of rotatable bonds is 5. The summed E-state index contributed by atoms with van der Waals surface area (Å²) in [6.07, 6.45) is 3.14. The number of nitrogens with zero attached hydrogens (tertiary/aromatic N) is 1. The lowest BCUT2D eigenvalue weighted by Gasteiger charge is -2.29. The maximum Gasteiger partial charge on any atom is 0.211 e. The van der Waals surface area contributed by atoms with Crippen LogP contribution in [0.2, 0.25) is 0 Å². The van der Waals surface area contributed by atoms with Crippen LogP contribution in [0.4, 0.5) is 0 Å². The zero-order valence-corrected chi connectivity index (χ0v) is 10.5. The normalized spacial score (nSPS) is 21.1. The molecule has 2 rings (SSSR count). The molecule has 1 aliphatic heterocycles. The van der Waals surface area contributed by atoms with Gasteiger partial charge in [-0.3, -0.25) is 10.1 Å². The van der Waals surface area contributed by atoms with Gasteiger partial charge in [-0.25, -0.2) is 0 Å². The summed E-state index contributed by atoms with van der Waals surface area (Å²) in [6.45, 7) is 3.63. The van der Waals surface area contributed by atoms with E-state index < -0.39 is 11.8 Å². The zero-order chi connectivity index (χ0) is 13.8. The van der Waals surface area contributed by atoms with Crippen LogP contribution < -0.4 is 4.74 Å². The molecule has 5 nitrogen and oxygen atoms in total. The molecule has 1 aliphatic rings. The number of carbonyl (C=O) groups is 1. The van der Waals surface area contributed by atoms with Gasteiger partial charge in [-0.2, -0.15) is 0 Å². The molecular weight excluding hydrogens is 246 g/mol. The van der Waals surface area contributed by atoms with Gasteiger partial charge in [0.2, 0.25) is 6.54 Å². The minimum Gasteiger partial charge on any atom is -0.492 e. The first-order valence-electron chi connectivity index (χ1n) is 6.10. The monoisotopic (exact) mass is 261 g/mol. The van der Waals surface area contributed by atoms with Gasteiger partial charge in [-0.1, -0.05) is 24.3 Å². The summed E-state index contributed by atoms with van der Waals surface area (Å²) in [7, 11) is 0. The Hall–Kier alpha value is -2.17. The molecule has 0 aliphatic carbocycles. The Morgan fingerprint density at radius 2 is 2.32 bits per heavy atom. The number of hydrogen-bond donors (Lipinski definition) is 0. The topological polar surface area (TPSA) is 69.4 Å². The highest BCUT2D eigenvalue weighted by atomic mass is 16.6. The number of nitro groups is 1. The van der Waals surface area contributed by atoms with Crippen molar-refractivity contribution in [2.75, 3.05) is 13.2 Å². The van der Waals surface area contributed by atoms with Crippen molar-refractivity contribution in [2.45, 2.75) is 12.3 Å². The molecular formula is C14H15NO4. The fourth-order valence-corrected chi connectivity index (χ4v) is 2.44. The number of fused-ring (bicyclic) bond motifs is 1. The molecule has 0 aromatic heterocycles. The zero-order valence-electron chi connectivity index (χ0n) is 10.5. The smallest absolute Gasteiger partial charge is 0.211 e. The van der Waals surface area contributed by atoms with Gasteiger partial charge in [0.25, 0.3) is 0 Å². The van der Waals surface area contributed by atoms with Crippen molar-refractivity contribution in [2.24, 2.45) is 5.92 Å². The molecule has 0 spiro atoms. The molecule has 0 saturated carbocycles. The Morgan fingerprint density at radius 1 is 1.53 bits per heavy atom. The van der Waals surface area contributed by atoms with Gasteiger partial charge in [0, 0.05) is 10.5 Å². The summed E-state index contributed by atoms with van der Waals surface area (Å²) in [5.41, 5.74) is 1.70. The quantitative estimate of drug-likeness (QED) is 0.352. The summed E-state index contributed by atoms with van der Waals surface area (Å²) in [5.74, 6) is -0.203. The molecule has 0 radical (unpaired) electrons. The van der Waals surface area contributed by atoms with Gasteiger partial charge in [-0.15, -0.1) is 6.58 Å². The second-order valence-corrected chi connectivity index (χ2v) is 4.56. The highest BCUT2D eigenvalue weighted by molar-refractivity contribution is 5.59. The third kappa shape index (κ3) is 2.65. The number of hydrogen-bond acceptors (Lipinski definition) is 4. The molecule has 1 aromatic carbocycles. The minimum absolute atomic E-state index is 0.198. The number of aldehydes is 1. The molecule has 0 fully saturated rings. The Bertz CT molecular complexity index is 512. The first-order valence-corrected chi connectivity index (χ1v) is 6.10. The number of carbonyl (C=O) groups excluding carboxylic acids is 1. The predicted octanol–water partition coefficient (Wildman–Crippen LogP) is 1.98. The van der Waals surface area contributed by atoms with E-state index in [2.05, 4.69) is 6.58 Å². The number of allylic oxidation sites excluding steroid dienone is 1. The van der Waals surface area contributed by atoms with E-state index in [1.165, 1.54) is 0 Å². The SMILES string of the molecule is C=CCc1cccc2c1OC[C@H](C=O)[C@H]2C[N+](=O)[O-]. The lowest BCUT2D eigenvalue weighted by Crippen LogP contribution is -2.32. The third-order valence-electron chi connectivity index (χ3n) is 3.35. The van der Waals surface area contributed by atoms with Crippen molar-refractivity contribution in [3.05, 3.63) is 52.1 Å². The van der Waals surface area contributed by atoms with Crippen molar-refractivity contribution in [1.82, 2.24) is 0 Å². The summed E-state index contributed by atoms with van der Waals surface area (Å²) >= 11 is 0. The molecule has 0 bridgehead atoms. The van der Waals surface area contributed by atoms with Crippen LogP contribution in [0.15, 0.2) is 30.9 Å². The van der Waals surface area contributed by atoms with Gasteiger partial charge >= 0.3 is 0 Å². The number of ether oxygens (including phenoxy) is 1. The molecule has 2 atom stereocenters. The Labute approximate surface area is 111 Å². The van der Waals surface area contributed by atoms with Gasteiger partial charge in [0.1, 0.15) is 12.0 Å². The maximum atomic E-state index is 11.1. The van der Waals surface area contributed by atoms with E-state index in [-0.39, 0.29) is 18.1 Å². The van der Waals surface area contributed by atoms with E-state index in [1.54, 1.807) is 12.1 Å². The van der Waals surface area contributed by atoms with E-state index in [9.17, 15) is 14.9 Å². The molecule has 0 N–H and O–H groups in total.